The fraction of sp³-hybridized carbons (Fsp3) is 0. The smallest absolute Gasteiger partial charge is 0.160 e. The summed E-state index contributed by atoms with van der Waals surface area (Å²) in [6.07, 6.45) is 0. The lowest BCUT2D eigenvalue weighted by Gasteiger charge is -2.15. The normalized spacial score (nSPS) is 11.6. The van der Waals surface area contributed by atoms with Gasteiger partial charge in [-0.25, -0.2) is 9.97 Å². The Morgan fingerprint density at radius 1 is 0.309 bits per heavy atom. The van der Waals surface area contributed by atoms with Gasteiger partial charge in [0.25, 0.3) is 0 Å². The summed E-state index contributed by atoms with van der Waals surface area (Å²) < 4.78 is 2.45. The molecule has 11 aromatic rings. The molecule has 0 spiro atoms. The van der Waals surface area contributed by atoms with E-state index in [9.17, 15) is 0 Å². The highest BCUT2D eigenvalue weighted by molar-refractivity contribution is 6.15. The molecule has 0 aliphatic carbocycles. The van der Waals surface area contributed by atoms with E-state index in [1.165, 1.54) is 65.6 Å². The van der Waals surface area contributed by atoms with E-state index in [2.05, 4.69) is 193 Å². The lowest BCUT2D eigenvalue weighted by Crippen LogP contribution is -1.96. The Bertz CT molecular complexity index is 3190. The van der Waals surface area contributed by atoms with E-state index >= 15 is 0 Å². The van der Waals surface area contributed by atoms with Crippen molar-refractivity contribution in [2.45, 2.75) is 0 Å². The van der Waals surface area contributed by atoms with Gasteiger partial charge in [0.15, 0.2) is 5.82 Å². The first-order valence-electron chi connectivity index (χ1n) is 18.7. The van der Waals surface area contributed by atoms with Crippen LogP contribution in [0.25, 0.3) is 105 Å². The average Bonchev–Trinajstić information content (AvgIpc) is 3.58. The van der Waals surface area contributed by atoms with E-state index < -0.39 is 0 Å². The van der Waals surface area contributed by atoms with E-state index in [1.54, 1.807) is 0 Å². The maximum atomic E-state index is 5.07. The molecule has 0 radical (unpaired) electrons. The van der Waals surface area contributed by atoms with Gasteiger partial charge in [0, 0.05) is 32.8 Å². The lowest BCUT2D eigenvalue weighted by atomic mass is 9.94. The molecule has 11 rings (SSSR count). The Kier molecular flexibility index (Phi) is 7.17. The molecule has 2 heterocycles. The van der Waals surface area contributed by atoms with Gasteiger partial charge in [-0.3, -0.25) is 0 Å². The average molecular weight is 700 g/mol. The number of rotatable bonds is 5. The summed E-state index contributed by atoms with van der Waals surface area (Å²) in [7, 11) is 0. The second kappa shape index (κ2) is 12.6. The van der Waals surface area contributed by atoms with Crippen LogP contribution in [0.3, 0.4) is 0 Å². The standard InChI is InChI=1S/C52H33N3/c1-3-13-34(14-4-1)47-33-48(35-15-5-2-6-16-35)54-52(53-47)41-26-24-38-29-40(25-23-39(38)30-41)42-27-28-50(44-20-10-9-19-43(42)44)55-49-22-12-11-21-45(49)46-31-36-17-7-8-18-37(36)32-51(46)55/h1-33H. The van der Waals surface area contributed by atoms with Crippen molar-refractivity contribution in [1.29, 1.82) is 0 Å². The Morgan fingerprint density at radius 2 is 0.855 bits per heavy atom. The van der Waals surface area contributed by atoms with Crippen LogP contribution in [0.4, 0.5) is 0 Å². The predicted octanol–water partition coefficient (Wildman–Crippen LogP) is 13.7. The van der Waals surface area contributed by atoms with Gasteiger partial charge in [0.1, 0.15) is 0 Å². The van der Waals surface area contributed by atoms with Gasteiger partial charge in [-0.1, -0.05) is 158 Å². The van der Waals surface area contributed by atoms with Crippen molar-refractivity contribution in [2.24, 2.45) is 0 Å². The molecule has 0 N–H and O–H groups in total. The quantitative estimate of drug-likeness (QED) is 0.179. The molecule has 0 atom stereocenters. The first-order chi connectivity index (χ1) is 27.2. The second-order valence-electron chi connectivity index (χ2n) is 14.2. The Hall–Kier alpha value is -7.36. The molecular weight excluding hydrogens is 667 g/mol. The molecule has 55 heavy (non-hydrogen) atoms. The summed E-state index contributed by atoms with van der Waals surface area (Å²) in [5.74, 6) is 0.714. The molecule has 0 amide bonds. The summed E-state index contributed by atoms with van der Waals surface area (Å²) >= 11 is 0. The minimum Gasteiger partial charge on any atom is -0.309 e. The second-order valence-corrected chi connectivity index (χ2v) is 14.2. The number of para-hydroxylation sites is 1. The summed E-state index contributed by atoms with van der Waals surface area (Å²) in [6.45, 7) is 0. The van der Waals surface area contributed by atoms with Crippen molar-refractivity contribution in [3.63, 3.8) is 0 Å². The fourth-order valence-corrected chi connectivity index (χ4v) is 8.29. The SMILES string of the molecule is c1ccc(-c2cc(-c3ccccc3)nc(-c3ccc4cc(-c5ccc(-n6c7ccccc7c7cc8ccccc8cc76)c6ccccc56)ccc4c3)n2)cc1. The fourth-order valence-electron chi connectivity index (χ4n) is 8.29. The van der Waals surface area contributed by atoms with E-state index in [0.29, 0.717) is 5.82 Å². The molecule has 3 nitrogen and oxygen atoms in total. The van der Waals surface area contributed by atoms with Crippen molar-refractivity contribution in [3.8, 4) is 50.7 Å². The first kappa shape index (κ1) is 31.2. The van der Waals surface area contributed by atoms with Gasteiger partial charge in [0.05, 0.1) is 28.1 Å². The third-order valence-corrected chi connectivity index (χ3v) is 11.0. The first-order valence-corrected chi connectivity index (χ1v) is 18.7. The molecule has 3 heteroatoms. The number of nitrogens with zero attached hydrogens (tertiary/aromatic N) is 3. The van der Waals surface area contributed by atoms with Gasteiger partial charge in [-0.15, -0.1) is 0 Å². The topological polar surface area (TPSA) is 30.7 Å². The highest BCUT2D eigenvalue weighted by Gasteiger charge is 2.17. The van der Waals surface area contributed by atoms with Crippen molar-refractivity contribution in [2.75, 3.05) is 0 Å². The summed E-state index contributed by atoms with van der Waals surface area (Å²) in [5, 5.41) is 9.79. The van der Waals surface area contributed by atoms with Crippen molar-refractivity contribution < 1.29 is 0 Å². The summed E-state index contributed by atoms with van der Waals surface area (Å²) in [4.78, 5) is 10.1. The molecule has 0 aliphatic rings. The van der Waals surface area contributed by atoms with E-state index in [1.807, 2.05) is 12.1 Å². The molecule has 9 aromatic carbocycles. The van der Waals surface area contributed by atoms with E-state index in [-0.39, 0.29) is 0 Å². The van der Waals surface area contributed by atoms with Crippen LogP contribution in [-0.4, -0.2) is 14.5 Å². The lowest BCUT2D eigenvalue weighted by molar-refractivity contribution is 1.18. The van der Waals surface area contributed by atoms with Crippen LogP contribution in [0, 0.1) is 0 Å². The Labute approximate surface area is 318 Å². The summed E-state index contributed by atoms with van der Waals surface area (Å²) in [5.41, 5.74) is 10.9. The van der Waals surface area contributed by atoms with Crippen LogP contribution in [0.5, 0.6) is 0 Å². The van der Waals surface area contributed by atoms with Gasteiger partial charge in [-0.05, 0) is 80.5 Å². The molecule has 0 unspecified atom stereocenters. The number of hydrogen-bond acceptors (Lipinski definition) is 2. The van der Waals surface area contributed by atoms with Crippen LogP contribution < -0.4 is 0 Å². The maximum absolute atomic E-state index is 5.07. The predicted molar refractivity (Wildman–Crippen MR) is 231 cm³/mol. The van der Waals surface area contributed by atoms with Crippen molar-refractivity contribution in [3.05, 3.63) is 200 Å². The van der Waals surface area contributed by atoms with Gasteiger partial charge >= 0.3 is 0 Å². The number of aromatic nitrogens is 3. The van der Waals surface area contributed by atoms with Crippen molar-refractivity contribution >= 4 is 54.1 Å². The molecular formula is C52H33N3. The zero-order valence-corrected chi connectivity index (χ0v) is 29.9. The van der Waals surface area contributed by atoms with E-state index in [0.717, 1.165) is 33.5 Å². The third-order valence-electron chi connectivity index (χ3n) is 11.0. The zero-order valence-electron chi connectivity index (χ0n) is 29.9. The van der Waals surface area contributed by atoms with Crippen LogP contribution in [0.2, 0.25) is 0 Å². The third kappa shape index (κ3) is 5.28. The molecule has 0 saturated carbocycles. The number of hydrogen-bond donors (Lipinski definition) is 0. The van der Waals surface area contributed by atoms with Crippen LogP contribution in [0.15, 0.2) is 200 Å². The van der Waals surface area contributed by atoms with Crippen LogP contribution >= 0.6 is 0 Å². The molecule has 0 aliphatic heterocycles. The highest BCUT2D eigenvalue weighted by Crippen LogP contribution is 2.40. The largest absolute Gasteiger partial charge is 0.309 e. The van der Waals surface area contributed by atoms with Crippen molar-refractivity contribution in [1.82, 2.24) is 14.5 Å². The molecule has 2 aromatic heterocycles. The number of fused-ring (bicyclic) bond motifs is 6. The van der Waals surface area contributed by atoms with Gasteiger partial charge < -0.3 is 4.57 Å². The zero-order chi connectivity index (χ0) is 36.3. The van der Waals surface area contributed by atoms with Crippen LogP contribution in [-0.2, 0) is 0 Å². The number of benzene rings is 9. The summed E-state index contributed by atoms with van der Waals surface area (Å²) in [6, 6.07) is 71.6. The molecule has 0 bridgehead atoms. The minimum atomic E-state index is 0.714. The Balaban J connectivity index is 1.03. The molecule has 0 fully saturated rings. The highest BCUT2D eigenvalue weighted by atomic mass is 15.0. The monoisotopic (exact) mass is 699 g/mol. The van der Waals surface area contributed by atoms with Gasteiger partial charge in [0.2, 0.25) is 0 Å². The van der Waals surface area contributed by atoms with E-state index in [4.69, 9.17) is 9.97 Å². The van der Waals surface area contributed by atoms with Gasteiger partial charge in [-0.2, -0.15) is 0 Å². The maximum Gasteiger partial charge on any atom is 0.160 e. The van der Waals surface area contributed by atoms with Crippen LogP contribution in [0.1, 0.15) is 0 Å². The molecule has 0 saturated heterocycles. The minimum absolute atomic E-state index is 0.714. The molecule has 256 valence electrons. The Morgan fingerprint density at radius 3 is 1.56 bits per heavy atom.